The van der Waals surface area contributed by atoms with Gasteiger partial charge in [0.1, 0.15) is 16.7 Å². The van der Waals surface area contributed by atoms with Crippen LogP contribution in [0.1, 0.15) is 103 Å². The molecule has 2 aliphatic rings. The molecule has 0 aromatic heterocycles. The lowest BCUT2D eigenvalue weighted by Gasteiger charge is -2.30. The van der Waals surface area contributed by atoms with Crippen LogP contribution in [0.25, 0.3) is 0 Å². The summed E-state index contributed by atoms with van der Waals surface area (Å²) in [6.45, 7) is 9.12. The molecule has 0 fully saturated rings. The van der Waals surface area contributed by atoms with E-state index in [1.165, 1.54) is 24.3 Å². The molecule has 2 aromatic carbocycles. The Morgan fingerprint density at radius 2 is 1.39 bits per heavy atom. The van der Waals surface area contributed by atoms with Gasteiger partial charge in [0.05, 0.1) is 15.2 Å². The minimum absolute atomic E-state index is 0.0530. The average molecular weight is 745 g/mol. The summed E-state index contributed by atoms with van der Waals surface area (Å²) in [7, 11) is -9.19. The third-order valence-corrected chi connectivity index (χ3v) is 12.0. The smallest absolute Gasteiger partial charge is 0.303 e. The highest BCUT2D eigenvalue weighted by molar-refractivity contribution is 7.86. The number of rotatable bonds is 18. The molecule has 0 bridgehead atoms. The van der Waals surface area contributed by atoms with E-state index in [1.54, 1.807) is 12.1 Å². The standard InChI is InChI=1S/C37H48N2O10S2/c1-5-38-30-20-18-26(50(44,45)46)24-28(30)36(3,22-11-7-9-16-34(40)41)32(38)14-13-15-33-37(4,23-12-8-10-17-35(42)43)29-25-27(51(47,48)49)19-21-31(29)39(33)6-2/h13-15,18-21,24-25H,5-12,16-17,22-23H2,1-4H3,(H3-,40,41,42,43,44,45,46,47,48,49). The van der Waals surface area contributed by atoms with Crippen LogP contribution in [0.3, 0.4) is 0 Å². The lowest BCUT2D eigenvalue weighted by Crippen LogP contribution is -2.31. The summed E-state index contributed by atoms with van der Waals surface area (Å²) in [5.41, 5.74) is 3.45. The second-order valence-electron chi connectivity index (χ2n) is 13.6. The van der Waals surface area contributed by atoms with E-state index >= 15 is 0 Å². The number of anilines is 1. The fraction of sp³-hybridized carbons (Fsp3) is 0.486. The van der Waals surface area contributed by atoms with Crippen LogP contribution in [-0.2, 0) is 40.7 Å². The van der Waals surface area contributed by atoms with Crippen molar-refractivity contribution in [2.75, 3.05) is 18.0 Å². The van der Waals surface area contributed by atoms with E-state index in [-0.39, 0.29) is 22.6 Å². The first-order chi connectivity index (χ1) is 23.9. The molecule has 278 valence electrons. The summed E-state index contributed by atoms with van der Waals surface area (Å²) in [5, 5.41) is 18.2. The number of nitrogens with zero attached hydrogens (tertiary/aromatic N) is 2. The second kappa shape index (κ2) is 15.8. The molecular weight excluding hydrogens is 697 g/mol. The lowest BCUT2D eigenvalue weighted by molar-refractivity contribution is -0.433. The molecule has 12 nitrogen and oxygen atoms in total. The molecule has 2 heterocycles. The summed E-state index contributed by atoms with van der Waals surface area (Å²) in [4.78, 5) is 23.8. The predicted molar refractivity (Wildman–Crippen MR) is 193 cm³/mol. The maximum absolute atomic E-state index is 12.2. The van der Waals surface area contributed by atoms with Crippen LogP contribution in [0.2, 0.25) is 0 Å². The summed E-state index contributed by atoms with van der Waals surface area (Å²) in [6.07, 6.45) is 10.9. The van der Waals surface area contributed by atoms with Crippen LogP contribution >= 0.6 is 0 Å². The van der Waals surface area contributed by atoms with E-state index < -0.39 is 43.0 Å². The molecule has 0 saturated heterocycles. The first-order valence-corrected chi connectivity index (χ1v) is 20.2. The van der Waals surface area contributed by atoms with Crippen molar-refractivity contribution in [2.24, 2.45) is 0 Å². The van der Waals surface area contributed by atoms with Crippen molar-refractivity contribution in [3.63, 3.8) is 0 Å². The van der Waals surface area contributed by atoms with E-state index in [4.69, 9.17) is 10.2 Å². The normalized spacial score (nSPS) is 21.1. The number of unbranched alkanes of at least 4 members (excludes halogenated alkanes) is 4. The molecule has 0 aliphatic carbocycles. The van der Waals surface area contributed by atoms with Crippen LogP contribution in [0.15, 0.2) is 70.1 Å². The Hall–Kier alpha value is -3.85. The summed E-state index contributed by atoms with van der Waals surface area (Å²) in [6, 6.07) is 9.03. The molecule has 2 aliphatic heterocycles. The number of allylic oxidation sites excluding steroid dienone is 4. The summed E-state index contributed by atoms with van der Waals surface area (Å²) >= 11 is 0. The zero-order valence-corrected chi connectivity index (χ0v) is 31.2. The fourth-order valence-corrected chi connectivity index (χ4v) is 8.68. The number of carboxylic acids is 2. The van der Waals surface area contributed by atoms with Gasteiger partial charge in [-0.2, -0.15) is 13.0 Å². The van der Waals surface area contributed by atoms with Gasteiger partial charge in [-0.05, 0) is 95.3 Å². The predicted octanol–water partition coefficient (Wildman–Crippen LogP) is 6.52. The Bertz CT molecular complexity index is 1980. The highest BCUT2D eigenvalue weighted by Crippen LogP contribution is 2.51. The van der Waals surface area contributed by atoms with E-state index in [9.17, 15) is 35.5 Å². The second-order valence-corrected chi connectivity index (χ2v) is 16.4. The number of hydrogen-bond donors (Lipinski definition) is 3. The van der Waals surface area contributed by atoms with E-state index in [0.717, 1.165) is 28.3 Å². The Kier molecular flexibility index (Phi) is 12.4. The number of likely N-dealkylation sites (N-methyl/N-ethyl adjacent to an activating group) is 1. The molecule has 0 amide bonds. The molecule has 51 heavy (non-hydrogen) atoms. The number of aliphatic carboxylic acids is 2. The first kappa shape index (κ1) is 39.9. The van der Waals surface area contributed by atoms with Gasteiger partial charge < -0.3 is 19.7 Å². The minimum atomic E-state index is -4.72. The number of carbonyl (C=O) groups is 2. The fourth-order valence-electron chi connectivity index (χ4n) is 7.68. The zero-order chi connectivity index (χ0) is 37.8. The van der Waals surface area contributed by atoms with Crippen LogP contribution < -0.4 is 4.90 Å². The van der Waals surface area contributed by atoms with Gasteiger partial charge >= 0.3 is 11.9 Å². The molecule has 2 unspecified atom stereocenters. The van der Waals surface area contributed by atoms with Gasteiger partial charge in [0.25, 0.3) is 10.1 Å². The average Bonchev–Trinajstić information content (AvgIpc) is 3.43. The Morgan fingerprint density at radius 1 is 0.824 bits per heavy atom. The van der Waals surface area contributed by atoms with Gasteiger partial charge in [0.15, 0.2) is 5.71 Å². The van der Waals surface area contributed by atoms with Crippen molar-refractivity contribution in [1.82, 2.24) is 0 Å². The van der Waals surface area contributed by atoms with Crippen molar-refractivity contribution in [3.8, 4) is 0 Å². The van der Waals surface area contributed by atoms with Crippen molar-refractivity contribution in [2.45, 2.75) is 113 Å². The molecule has 2 atom stereocenters. The van der Waals surface area contributed by atoms with Crippen LogP contribution in [0.5, 0.6) is 0 Å². The highest BCUT2D eigenvalue weighted by atomic mass is 32.2. The highest BCUT2D eigenvalue weighted by Gasteiger charge is 2.47. The van der Waals surface area contributed by atoms with Crippen LogP contribution in [-0.4, -0.2) is 71.5 Å². The van der Waals surface area contributed by atoms with Gasteiger partial charge in [-0.1, -0.05) is 31.8 Å². The van der Waals surface area contributed by atoms with Gasteiger partial charge in [-0.25, -0.2) is 8.42 Å². The van der Waals surface area contributed by atoms with Crippen molar-refractivity contribution >= 4 is 49.3 Å². The Balaban J connectivity index is 1.79. The van der Waals surface area contributed by atoms with Crippen molar-refractivity contribution in [1.29, 1.82) is 0 Å². The van der Waals surface area contributed by atoms with Crippen molar-refractivity contribution in [3.05, 3.63) is 71.5 Å². The van der Waals surface area contributed by atoms with Gasteiger partial charge in [0, 0.05) is 53.9 Å². The molecule has 0 saturated carbocycles. The van der Waals surface area contributed by atoms with E-state index in [1.807, 2.05) is 45.9 Å². The minimum Gasteiger partial charge on any atom is -0.744 e. The number of fused-ring (bicyclic) bond motifs is 2. The topological polar surface area (TPSA) is 192 Å². The molecular formula is C37H48N2O10S2. The maximum atomic E-state index is 12.2. The Labute approximate surface area is 300 Å². The quantitative estimate of drug-likeness (QED) is 0.0855. The Morgan fingerprint density at radius 3 is 1.92 bits per heavy atom. The van der Waals surface area contributed by atoms with Gasteiger partial charge in [-0.15, -0.1) is 0 Å². The third kappa shape index (κ3) is 8.62. The number of carboxylic acid groups (broad SMARTS) is 2. The third-order valence-electron chi connectivity index (χ3n) is 10.3. The molecule has 0 radical (unpaired) electrons. The summed E-state index contributed by atoms with van der Waals surface area (Å²) < 4.78 is 72.5. The zero-order valence-electron chi connectivity index (χ0n) is 29.6. The summed E-state index contributed by atoms with van der Waals surface area (Å²) in [5.74, 6) is -1.73. The number of benzene rings is 2. The molecule has 2 aromatic rings. The number of hydrogen-bond acceptors (Lipinski definition) is 8. The van der Waals surface area contributed by atoms with Crippen LogP contribution in [0.4, 0.5) is 11.4 Å². The van der Waals surface area contributed by atoms with Gasteiger partial charge in [0.2, 0.25) is 5.69 Å². The first-order valence-electron chi connectivity index (χ1n) is 17.4. The van der Waals surface area contributed by atoms with Crippen molar-refractivity contribution < 1.29 is 50.3 Å². The van der Waals surface area contributed by atoms with Gasteiger partial charge in [-0.3, -0.25) is 14.1 Å². The lowest BCUT2D eigenvalue weighted by atomic mass is 9.75. The van der Waals surface area contributed by atoms with Crippen LogP contribution in [0, 0.1) is 0 Å². The largest absolute Gasteiger partial charge is 0.744 e. The van der Waals surface area contributed by atoms with E-state index in [0.29, 0.717) is 70.0 Å². The molecule has 4 rings (SSSR count). The SMILES string of the molecule is CCN1/C(=C/C=C/C2=[N+](CC)c3ccc(S(=O)(=O)[O-])cc3C2(C)CCCCCC(=O)O)C(C)(CCCCCC(=O)O)c2cc(S(=O)(=O)O)ccc21. The monoisotopic (exact) mass is 744 g/mol. The maximum Gasteiger partial charge on any atom is 0.303 e. The molecule has 0 spiro atoms. The molecule has 14 heteroatoms. The van der Waals surface area contributed by atoms with E-state index in [2.05, 4.69) is 9.48 Å². The molecule has 3 N–H and O–H groups in total.